The van der Waals surface area contributed by atoms with E-state index in [1.807, 2.05) is 48.5 Å². The van der Waals surface area contributed by atoms with Crippen molar-refractivity contribution in [2.45, 2.75) is 0 Å². The molecule has 4 aromatic carbocycles. The van der Waals surface area contributed by atoms with E-state index >= 15 is 0 Å². The van der Waals surface area contributed by atoms with Gasteiger partial charge in [-0.3, -0.25) is 10.1 Å². The number of amides is 1. The first-order valence-electron chi connectivity index (χ1n) is 10.5. The molecule has 2 N–H and O–H groups in total. The lowest BCUT2D eigenvalue weighted by atomic mass is 10.1. The van der Waals surface area contributed by atoms with Crippen LogP contribution in [0.4, 0.5) is 5.69 Å². The number of anilines is 1. The fourth-order valence-corrected chi connectivity index (χ4v) is 4.07. The third kappa shape index (κ3) is 3.67. The molecular formula is C25H17N5O3S. The maximum Gasteiger partial charge on any atom is 0.257 e. The van der Waals surface area contributed by atoms with Crippen molar-refractivity contribution in [1.29, 1.82) is 0 Å². The Kier molecular flexibility index (Phi) is 4.81. The summed E-state index contributed by atoms with van der Waals surface area (Å²) in [5.74, 6) is 0.798. The largest absolute Gasteiger partial charge is 0.454 e. The molecule has 8 nitrogen and oxygen atoms in total. The molecule has 0 unspecified atom stereocenters. The van der Waals surface area contributed by atoms with Gasteiger partial charge in [0.2, 0.25) is 6.79 Å². The molecule has 5 aromatic rings. The minimum absolute atomic E-state index is 0.147. The summed E-state index contributed by atoms with van der Waals surface area (Å²) in [5.41, 5.74) is 3.45. The van der Waals surface area contributed by atoms with E-state index in [4.69, 9.17) is 21.7 Å². The summed E-state index contributed by atoms with van der Waals surface area (Å²) < 4.78 is 10.6. The topological polar surface area (TPSA) is 90.3 Å². The number of hydrogen-bond acceptors (Lipinski definition) is 6. The van der Waals surface area contributed by atoms with Crippen molar-refractivity contribution in [2.24, 2.45) is 0 Å². The lowest BCUT2D eigenvalue weighted by Gasteiger charge is -2.09. The molecule has 166 valence electrons. The zero-order chi connectivity index (χ0) is 23.1. The normalized spacial score (nSPS) is 12.1. The summed E-state index contributed by atoms with van der Waals surface area (Å²) in [4.78, 5) is 14.2. The Morgan fingerprint density at radius 1 is 0.882 bits per heavy atom. The highest BCUT2D eigenvalue weighted by Gasteiger charge is 2.17. The van der Waals surface area contributed by atoms with Gasteiger partial charge in [-0.05, 0) is 60.1 Å². The van der Waals surface area contributed by atoms with Crippen LogP contribution in [0.15, 0.2) is 78.9 Å². The first-order valence-corrected chi connectivity index (χ1v) is 10.9. The molecule has 6 rings (SSSR count). The zero-order valence-electron chi connectivity index (χ0n) is 17.7. The van der Waals surface area contributed by atoms with Crippen molar-refractivity contribution in [3.8, 4) is 17.2 Å². The number of hydrogen-bond donors (Lipinski definition) is 2. The van der Waals surface area contributed by atoms with Gasteiger partial charge in [-0.1, -0.05) is 36.4 Å². The molecule has 34 heavy (non-hydrogen) atoms. The van der Waals surface area contributed by atoms with Crippen LogP contribution in [0.1, 0.15) is 10.4 Å². The van der Waals surface area contributed by atoms with E-state index in [2.05, 4.69) is 33.0 Å². The molecule has 0 saturated carbocycles. The van der Waals surface area contributed by atoms with Crippen molar-refractivity contribution < 1.29 is 14.3 Å². The Morgan fingerprint density at radius 2 is 1.71 bits per heavy atom. The van der Waals surface area contributed by atoms with Crippen LogP contribution >= 0.6 is 12.2 Å². The van der Waals surface area contributed by atoms with Crippen molar-refractivity contribution in [3.63, 3.8) is 0 Å². The molecule has 1 aliphatic rings. The van der Waals surface area contributed by atoms with Gasteiger partial charge >= 0.3 is 0 Å². The quantitative estimate of drug-likeness (QED) is 0.380. The predicted octanol–water partition coefficient (Wildman–Crippen LogP) is 4.43. The number of thiocarbonyl (C=S) groups is 1. The Hall–Kier alpha value is -4.50. The van der Waals surface area contributed by atoms with Crippen LogP contribution in [-0.4, -0.2) is 32.8 Å². The molecule has 0 atom stereocenters. The first-order chi connectivity index (χ1) is 16.6. The third-order valence-corrected chi connectivity index (χ3v) is 5.69. The van der Waals surface area contributed by atoms with E-state index in [1.54, 1.807) is 23.0 Å². The number of nitrogens with zero attached hydrogens (tertiary/aromatic N) is 3. The van der Waals surface area contributed by atoms with Gasteiger partial charge in [-0.15, -0.1) is 15.0 Å². The molecule has 1 aromatic heterocycles. The minimum Gasteiger partial charge on any atom is -0.454 e. The Labute approximate surface area is 199 Å². The number of rotatable bonds is 3. The monoisotopic (exact) mass is 467 g/mol. The van der Waals surface area contributed by atoms with Crippen LogP contribution in [0.25, 0.3) is 27.5 Å². The summed E-state index contributed by atoms with van der Waals surface area (Å²) in [6, 6.07) is 24.6. The number of carbonyl (C=O) groups excluding carboxylic acids is 1. The van der Waals surface area contributed by atoms with Gasteiger partial charge in [0.05, 0.1) is 5.69 Å². The SMILES string of the molecule is O=C(NC(=S)Nc1ccc2nn(-c3cccc4ccccc34)nc2c1)c1ccc2c(c1)OCO2. The highest BCUT2D eigenvalue weighted by Crippen LogP contribution is 2.32. The molecule has 1 amide bonds. The molecule has 0 saturated heterocycles. The van der Waals surface area contributed by atoms with Gasteiger partial charge in [0.15, 0.2) is 16.6 Å². The summed E-state index contributed by atoms with van der Waals surface area (Å²) in [6.45, 7) is 0.147. The fourth-order valence-electron chi connectivity index (χ4n) is 3.86. The van der Waals surface area contributed by atoms with E-state index in [-0.39, 0.29) is 17.8 Å². The number of nitrogens with one attached hydrogen (secondary N) is 2. The van der Waals surface area contributed by atoms with Gasteiger partial charge in [0, 0.05) is 16.6 Å². The van der Waals surface area contributed by atoms with Crippen LogP contribution in [0.3, 0.4) is 0 Å². The van der Waals surface area contributed by atoms with Gasteiger partial charge in [0.1, 0.15) is 11.0 Å². The Morgan fingerprint density at radius 3 is 2.65 bits per heavy atom. The molecule has 1 aliphatic heterocycles. The third-order valence-electron chi connectivity index (χ3n) is 5.48. The summed E-state index contributed by atoms with van der Waals surface area (Å²) in [5, 5.41) is 17.3. The molecule has 2 heterocycles. The van der Waals surface area contributed by atoms with Crippen LogP contribution in [0.5, 0.6) is 11.5 Å². The smallest absolute Gasteiger partial charge is 0.257 e. The maximum atomic E-state index is 12.6. The lowest BCUT2D eigenvalue weighted by Crippen LogP contribution is -2.34. The Balaban J connectivity index is 1.21. The van der Waals surface area contributed by atoms with Crippen LogP contribution in [-0.2, 0) is 0 Å². The van der Waals surface area contributed by atoms with Gasteiger partial charge < -0.3 is 14.8 Å². The molecular weight excluding hydrogens is 450 g/mol. The van der Waals surface area contributed by atoms with Crippen LogP contribution < -0.4 is 20.1 Å². The van der Waals surface area contributed by atoms with E-state index in [9.17, 15) is 4.79 Å². The fraction of sp³-hybridized carbons (Fsp3) is 0.0400. The van der Waals surface area contributed by atoms with Crippen LogP contribution in [0, 0.1) is 0 Å². The van der Waals surface area contributed by atoms with Crippen molar-refractivity contribution in [1.82, 2.24) is 20.3 Å². The molecule has 0 bridgehead atoms. The van der Waals surface area contributed by atoms with Crippen LogP contribution in [0.2, 0.25) is 0 Å². The molecule has 9 heteroatoms. The summed E-state index contributed by atoms with van der Waals surface area (Å²) in [7, 11) is 0. The van der Waals surface area contributed by atoms with Crippen molar-refractivity contribution in [3.05, 3.63) is 84.4 Å². The minimum atomic E-state index is -0.348. The van der Waals surface area contributed by atoms with Gasteiger partial charge in [-0.25, -0.2) is 0 Å². The van der Waals surface area contributed by atoms with E-state index in [1.165, 1.54) is 0 Å². The van der Waals surface area contributed by atoms with E-state index < -0.39 is 0 Å². The standard InChI is InChI=1S/C25H17N5O3S/c31-24(16-8-11-22-23(12-16)33-14-32-22)27-25(34)26-17-9-10-19-20(13-17)29-30(28-19)21-7-3-5-15-4-1-2-6-18(15)21/h1-13H,14H2,(H2,26,27,31,34). The molecule has 0 fully saturated rings. The predicted molar refractivity (Wildman–Crippen MR) is 133 cm³/mol. The summed E-state index contributed by atoms with van der Waals surface area (Å²) in [6.07, 6.45) is 0. The second-order valence-electron chi connectivity index (χ2n) is 7.67. The highest BCUT2D eigenvalue weighted by molar-refractivity contribution is 7.80. The second kappa shape index (κ2) is 8.13. The zero-order valence-corrected chi connectivity index (χ0v) is 18.5. The van der Waals surface area contributed by atoms with Gasteiger partial charge in [-0.2, -0.15) is 0 Å². The second-order valence-corrected chi connectivity index (χ2v) is 8.08. The number of aromatic nitrogens is 3. The average Bonchev–Trinajstić information content (AvgIpc) is 3.49. The number of fused-ring (bicyclic) bond motifs is 3. The number of ether oxygens (including phenoxy) is 2. The van der Waals surface area contributed by atoms with Crippen molar-refractivity contribution in [2.75, 3.05) is 12.1 Å². The molecule has 0 radical (unpaired) electrons. The first kappa shape index (κ1) is 20.1. The average molecular weight is 468 g/mol. The molecule has 0 spiro atoms. The van der Waals surface area contributed by atoms with Gasteiger partial charge in [0.25, 0.3) is 5.91 Å². The highest BCUT2D eigenvalue weighted by atomic mass is 32.1. The number of carbonyl (C=O) groups is 1. The summed E-state index contributed by atoms with van der Waals surface area (Å²) >= 11 is 5.33. The van der Waals surface area contributed by atoms with E-state index in [0.29, 0.717) is 28.3 Å². The Bertz CT molecular complexity index is 1590. The number of benzene rings is 4. The maximum absolute atomic E-state index is 12.6. The van der Waals surface area contributed by atoms with E-state index in [0.717, 1.165) is 22.0 Å². The molecule has 0 aliphatic carbocycles. The van der Waals surface area contributed by atoms with Crippen molar-refractivity contribution >= 4 is 50.7 Å². The lowest BCUT2D eigenvalue weighted by molar-refractivity contribution is 0.0977.